The third-order valence-corrected chi connectivity index (χ3v) is 4.38. The van der Waals surface area contributed by atoms with Gasteiger partial charge in [0, 0.05) is 25.7 Å². The van der Waals surface area contributed by atoms with Crippen molar-refractivity contribution in [3.8, 4) is 5.75 Å². The number of carboxylic acid groups (broad SMARTS) is 1. The molecule has 8 heteroatoms. The molecule has 1 atom stereocenters. The van der Waals surface area contributed by atoms with Crippen LogP contribution in [0.5, 0.6) is 5.75 Å². The van der Waals surface area contributed by atoms with Crippen LogP contribution in [0, 0.1) is 0 Å². The third-order valence-electron chi connectivity index (χ3n) is 4.38. The maximum atomic E-state index is 12.2. The summed E-state index contributed by atoms with van der Waals surface area (Å²) in [6.45, 7) is 2.63. The molecule has 0 spiro atoms. The van der Waals surface area contributed by atoms with E-state index in [2.05, 4.69) is 15.5 Å². The van der Waals surface area contributed by atoms with Crippen LogP contribution in [0.3, 0.4) is 0 Å². The summed E-state index contributed by atoms with van der Waals surface area (Å²) < 4.78 is 10.6. The van der Waals surface area contributed by atoms with Crippen LogP contribution in [0.2, 0.25) is 0 Å². The number of aromatic nitrogens is 2. The molecule has 144 valence electrons. The highest BCUT2D eigenvalue weighted by molar-refractivity contribution is 5.84. The molecule has 2 heterocycles. The zero-order valence-corrected chi connectivity index (χ0v) is 15.2. The minimum atomic E-state index is -1.09. The number of hydrogen-bond acceptors (Lipinski definition) is 6. The van der Waals surface area contributed by atoms with Crippen molar-refractivity contribution in [3.05, 3.63) is 41.0 Å². The van der Waals surface area contributed by atoms with E-state index < -0.39 is 12.0 Å². The number of nitrogens with zero attached hydrogens (tertiary/aromatic N) is 2. The lowest BCUT2D eigenvalue weighted by molar-refractivity contribution is -0.142. The first kappa shape index (κ1) is 18.9. The van der Waals surface area contributed by atoms with E-state index in [0.29, 0.717) is 36.7 Å². The zero-order chi connectivity index (χ0) is 19.2. The molecule has 2 N–H and O–H groups in total. The Balaban J connectivity index is 1.53. The van der Waals surface area contributed by atoms with E-state index in [4.69, 9.17) is 9.26 Å². The van der Waals surface area contributed by atoms with Gasteiger partial charge in [-0.2, -0.15) is 4.98 Å². The van der Waals surface area contributed by atoms with Crippen LogP contribution >= 0.6 is 0 Å². The molecule has 1 aromatic heterocycles. The Morgan fingerprint density at radius 1 is 1.33 bits per heavy atom. The van der Waals surface area contributed by atoms with Gasteiger partial charge in [0.1, 0.15) is 5.75 Å². The van der Waals surface area contributed by atoms with Crippen LogP contribution in [-0.2, 0) is 28.9 Å². The average molecular weight is 373 g/mol. The largest absolute Gasteiger partial charge is 0.493 e. The van der Waals surface area contributed by atoms with E-state index in [-0.39, 0.29) is 12.3 Å². The normalized spacial score (nSPS) is 13.7. The van der Waals surface area contributed by atoms with Crippen LogP contribution in [0.4, 0.5) is 0 Å². The van der Waals surface area contributed by atoms with Gasteiger partial charge in [-0.15, -0.1) is 0 Å². The van der Waals surface area contributed by atoms with Crippen LogP contribution in [0.25, 0.3) is 0 Å². The van der Waals surface area contributed by atoms with Gasteiger partial charge in [0.2, 0.25) is 11.8 Å². The minimum absolute atomic E-state index is 0.184. The van der Waals surface area contributed by atoms with Gasteiger partial charge in [0.05, 0.1) is 6.61 Å². The Hall–Kier alpha value is -2.90. The molecule has 3 rings (SSSR count). The van der Waals surface area contributed by atoms with E-state index in [1.165, 1.54) is 0 Å². The average Bonchev–Trinajstić information content (AvgIpc) is 3.28. The highest BCUT2D eigenvalue weighted by Gasteiger charge is 2.24. The number of nitrogens with one attached hydrogen (secondary N) is 1. The fourth-order valence-electron chi connectivity index (χ4n) is 3.02. The Labute approximate surface area is 156 Å². The number of aliphatic carboxylic acids is 1. The van der Waals surface area contributed by atoms with Crippen molar-refractivity contribution in [2.75, 3.05) is 6.61 Å². The van der Waals surface area contributed by atoms with Crippen molar-refractivity contribution in [1.82, 2.24) is 15.5 Å². The number of carboxylic acids is 1. The fraction of sp³-hybridized carbons (Fsp3) is 0.474. The van der Waals surface area contributed by atoms with E-state index in [1.54, 1.807) is 18.2 Å². The molecule has 0 fully saturated rings. The smallest absolute Gasteiger partial charge is 0.330 e. The zero-order valence-electron chi connectivity index (χ0n) is 15.2. The van der Waals surface area contributed by atoms with Gasteiger partial charge in [-0.1, -0.05) is 18.1 Å². The van der Waals surface area contributed by atoms with Crippen LogP contribution in [-0.4, -0.2) is 33.7 Å². The number of benzene rings is 1. The molecule has 1 unspecified atom stereocenters. The van der Waals surface area contributed by atoms with Crippen molar-refractivity contribution in [1.29, 1.82) is 0 Å². The van der Waals surface area contributed by atoms with Crippen LogP contribution in [0.1, 0.15) is 55.1 Å². The Bertz CT molecular complexity index is 817. The molecule has 1 aromatic carbocycles. The maximum absolute atomic E-state index is 12.2. The summed E-state index contributed by atoms with van der Waals surface area (Å²) in [5.41, 5.74) is 1.51. The van der Waals surface area contributed by atoms with Crippen LogP contribution in [0.15, 0.2) is 22.7 Å². The Morgan fingerprint density at radius 3 is 2.96 bits per heavy atom. The summed E-state index contributed by atoms with van der Waals surface area (Å²) in [7, 11) is 0. The number of rotatable bonds is 9. The molecular weight excluding hydrogens is 350 g/mol. The van der Waals surface area contributed by atoms with Gasteiger partial charge in [-0.05, 0) is 36.1 Å². The lowest BCUT2D eigenvalue weighted by Crippen LogP contribution is -2.33. The summed E-state index contributed by atoms with van der Waals surface area (Å²) in [5.74, 6) is 0.523. The summed E-state index contributed by atoms with van der Waals surface area (Å²) >= 11 is 0. The minimum Gasteiger partial charge on any atom is -0.493 e. The molecule has 0 saturated heterocycles. The summed E-state index contributed by atoms with van der Waals surface area (Å²) in [5, 5.41) is 16.0. The quantitative estimate of drug-likeness (QED) is 0.692. The predicted octanol–water partition coefficient (Wildman–Crippen LogP) is 2.22. The summed E-state index contributed by atoms with van der Waals surface area (Å²) in [4.78, 5) is 28.1. The number of carbonyl (C=O) groups is 2. The van der Waals surface area contributed by atoms with Gasteiger partial charge < -0.3 is 19.7 Å². The summed E-state index contributed by atoms with van der Waals surface area (Å²) in [6, 6.07) is 4.14. The van der Waals surface area contributed by atoms with E-state index in [0.717, 1.165) is 30.6 Å². The lowest BCUT2D eigenvalue weighted by atomic mass is 10.0. The number of amides is 1. The second kappa shape index (κ2) is 8.66. The van der Waals surface area contributed by atoms with Crippen molar-refractivity contribution in [2.45, 2.75) is 51.5 Å². The number of carbonyl (C=O) groups excluding carboxylic acids is 1. The number of ether oxygens (including phenoxy) is 1. The second-order valence-corrected chi connectivity index (χ2v) is 6.51. The molecule has 2 aromatic rings. The van der Waals surface area contributed by atoms with Crippen LogP contribution < -0.4 is 10.1 Å². The van der Waals surface area contributed by atoms with E-state index >= 15 is 0 Å². The molecule has 0 bridgehead atoms. The van der Waals surface area contributed by atoms with Gasteiger partial charge in [-0.25, -0.2) is 4.79 Å². The fourth-order valence-corrected chi connectivity index (χ4v) is 3.02. The predicted molar refractivity (Wildman–Crippen MR) is 95.4 cm³/mol. The number of aryl methyl sites for hydroxylation is 2. The lowest BCUT2D eigenvalue weighted by Gasteiger charge is -2.15. The molecule has 27 heavy (non-hydrogen) atoms. The number of hydrogen-bond donors (Lipinski definition) is 2. The van der Waals surface area contributed by atoms with E-state index in [9.17, 15) is 14.7 Å². The topological polar surface area (TPSA) is 115 Å². The van der Waals surface area contributed by atoms with E-state index in [1.807, 2.05) is 6.92 Å². The standard InChI is InChI=1S/C19H23N3O5/c1-2-4-15-20-17(27-22-15)6-3-5-16(23)21-18(19(24)25)13-7-8-14-12(11-13)9-10-26-14/h7-8,11,18H,2-6,9-10H2,1H3,(H,21,23)(H,24,25). The SMILES string of the molecule is CCCc1noc(CCCC(=O)NC(C(=O)O)c2ccc3c(c2)CCO3)n1. The number of fused-ring (bicyclic) bond motifs is 1. The van der Waals surface area contributed by atoms with Crippen molar-refractivity contribution < 1.29 is 24.0 Å². The molecule has 1 amide bonds. The molecule has 0 radical (unpaired) electrons. The summed E-state index contributed by atoms with van der Waals surface area (Å²) in [6.07, 6.45) is 3.61. The van der Waals surface area contributed by atoms with Crippen molar-refractivity contribution >= 4 is 11.9 Å². The van der Waals surface area contributed by atoms with Crippen molar-refractivity contribution in [3.63, 3.8) is 0 Å². The first-order chi connectivity index (χ1) is 13.1. The Kier molecular flexibility index (Phi) is 6.05. The highest BCUT2D eigenvalue weighted by Crippen LogP contribution is 2.28. The molecule has 8 nitrogen and oxygen atoms in total. The van der Waals surface area contributed by atoms with Gasteiger partial charge >= 0.3 is 5.97 Å². The van der Waals surface area contributed by atoms with Gasteiger partial charge in [0.25, 0.3) is 0 Å². The molecule has 1 aliphatic heterocycles. The first-order valence-corrected chi connectivity index (χ1v) is 9.16. The van der Waals surface area contributed by atoms with Crippen molar-refractivity contribution in [2.24, 2.45) is 0 Å². The van der Waals surface area contributed by atoms with Gasteiger partial charge in [-0.3, -0.25) is 4.79 Å². The Morgan fingerprint density at radius 2 is 2.19 bits per heavy atom. The second-order valence-electron chi connectivity index (χ2n) is 6.51. The maximum Gasteiger partial charge on any atom is 0.330 e. The monoisotopic (exact) mass is 373 g/mol. The molecular formula is C19H23N3O5. The third kappa shape index (κ3) is 4.84. The van der Waals surface area contributed by atoms with Gasteiger partial charge in [0.15, 0.2) is 11.9 Å². The molecule has 0 saturated carbocycles. The highest BCUT2D eigenvalue weighted by atomic mass is 16.5. The molecule has 1 aliphatic rings. The molecule has 0 aliphatic carbocycles. The first-order valence-electron chi connectivity index (χ1n) is 9.16.